The number of nitrogens with zero attached hydrogens (tertiary/aromatic N) is 1. The van der Waals surface area contributed by atoms with Crippen LogP contribution in [0.5, 0.6) is 5.06 Å². The summed E-state index contributed by atoms with van der Waals surface area (Å²) in [5, 5.41) is 5.92. The molecule has 2 nitrogen and oxygen atoms in total. The summed E-state index contributed by atoms with van der Waals surface area (Å²) in [7, 11) is 0. The van der Waals surface area contributed by atoms with Crippen LogP contribution in [0.1, 0.15) is 5.01 Å². The second kappa shape index (κ2) is 3.69. The number of aromatic nitrogens is 1. The Labute approximate surface area is 78.5 Å². The summed E-state index contributed by atoms with van der Waals surface area (Å²) >= 11 is 3.21. The van der Waals surface area contributed by atoms with Crippen molar-refractivity contribution in [2.75, 3.05) is 0 Å². The number of thiazole rings is 1. The van der Waals surface area contributed by atoms with E-state index in [1.165, 1.54) is 0 Å². The molecular formula is C8H7NOS2. The zero-order valence-corrected chi connectivity index (χ0v) is 7.90. The molecule has 62 valence electrons. The van der Waals surface area contributed by atoms with Gasteiger partial charge in [0.2, 0.25) is 0 Å². The summed E-state index contributed by atoms with van der Waals surface area (Å²) in [5.74, 6) is 0. The molecule has 2 heterocycles. The molecule has 0 N–H and O–H groups in total. The lowest BCUT2D eigenvalue weighted by Crippen LogP contribution is -1.91. The van der Waals surface area contributed by atoms with Gasteiger partial charge in [-0.25, -0.2) is 4.98 Å². The van der Waals surface area contributed by atoms with Gasteiger partial charge in [-0.15, -0.1) is 22.7 Å². The molecule has 0 spiro atoms. The van der Waals surface area contributed by atoms with Crippen molar-refractivity contribution in [2.24, 2.45) is 0 Å². The lowest BCUT2D eigenvalue weighted by Gasteiger charge is -1.98. The number of hydrogen-bond acceptors (Lipinski definition) is 4. The van der Waals surface area contributed by atoms with Crippen molar-refractivity contribution in [1.29, 1.82) is 0 Å². The van der Waals surface area contributed by atoms with Crippen LogP contribution in [0, 0.1) is 0 Å². The van der Waals surface area contributed by atoms with Crippen LogP contribution < -0.4 is 4.74 Å². The maximum Gasteiger partial charge on any atom is 0.174 e. The van der Waals surface area contributed by atoms with Gasteiger partial charge in [0, 0.05) is 11.6 Å². The minimum absolute atomic E-state index is 0.582. The maximum absolute atomic E-state index is 5.46. The third-order valence-corrected chi connectivity index (χ3v) is 2.85. The molecule has 12 heavy (non-hydrogen) atoms. The summed E-state index contributed by atoms with van der Waals surface area (Å²) in [4.78, 5) is 4.11. The van der Waals surface area contributed by atoms with E-state index in [0.717, 1.165) is 10.1 Å². The van der Waals surface area contributed by atoms with Crippen LogP contribution in [0.3, 0.4) is 0 Å². The van der Waals surface area contributed by atoms with Gasteiger partial charge in [-0.1, -0.05) is 0 Å². The van der Waals surface area contributed by atoms with Gasteiger partial charge in [0.15, 0.2) is 5.06 Å². The minimum atomic E-state index is 0.582. The van der Waals surface area contributed by atoms with Crippen LogP contribution in [0.15, 0.2) is 29.1 Å². The van der Waals surface area contributed by atoms with E-state index in [-0.39, 0.29) is 0 Å². The fourth-order valence-electron chi connectivity index (χ4n) is 0.803. The molecular weight excluding hydrogens is 190 g/mol. The normalized spacial score (nSPS) is 10.0. The number of ether oxygens (including phenoxy) is 1. The van der Waals surface area contributed by atoms with E-state index in [2.05, 4.69) is 4.98 Å². The van der Waals surface area contributed by atoms with E-state index in [1.54, 1.807) is 28.9 Å². The van der Waals surface area contributed by atoms with E-state index in [4.69, 9.17) is 4.74 Å². The molecule has 0 fully saturated rings. The summed E-state index contributed by atoms with van der Waals surface area (Å²) in [5.41, 5.74) is 0. The summed E-state index contributed by atoms with van der Waals surface area (Å²) < 4.78 is 5.46. The van der Waals surface area contributed by atoms with Gasteiger partial charge >= 0.3 is 0 Å². The van der Waals surface area contributed by atoms with Gasteiger partial charge in [-0.3, -0.25) is 0 Å². The van der Waals surface area contributed by atoms with Crippen LogP contribution in [0.4, 0.5) is 0 Å². The van der Waals surface area contributed by atoms with Gasteiger partial charge in [0.1, 0.15) is 11.6 Å². The van der Waals surface area contributed by atoms with E-state index in [9.17, 15) is 0 Å². The van der Waals surface area contributed by atoms with E-state index in [0.29, 0.717) is 6.61 Å². The number of hydrogen-bond donors (Lipinski definition) is 0. The zero-order chi connectivity index (χ0) is 8.23. The molecule has 4 heteroatoms. The van der Waals surface area contributed by atoms with E-state index < -0.39 is 0 Å². The third kappa shape index (κ3) is 1.84. The number of thiophene rings is 1. The average Bonchev–Trinajstić information content (AvgIpc) is 2.74. The first-order chi connectivity index (χ1) is 5.95. The van der Waals surface area contributed by atoms with Crippen molar-refractivity contribution in [3.05, 3.63) is 34.1 Å². The zero-order valence-electron chi connectivity index (χ0n) is 6.27. The largest absolute Gasteiger partial charge is 0.477 e. The van der Waals surface area contributed by atoms with Crippen LogP contribution in [-0.4, -0.2) is 4.98 Å². The Kier molecular flexibility index (Phi) is 2.39. The topological polar surface area (TPSA) is 22.1 Å². The highest BCUT2D eigenvalue weighted by Gasteiger charge is 1.97. The quantitative estimate of drug-likeness (QED) is 0.754. The van der Waals surface area contributed by atoms with Crippen LogP contribution >= 0.6 is 22.7 Å². The van der Waals surface area contributed by atoms with Crippen molar-refractivity contribution in [1.82, 2.24) is 4.98 Å². The minimum Gasteiger partial charge on any atom is -0.477 e. The van der Waals surface area contributed by atoms with Crippen LogP contribution in [0.25, 0.3) is 0 Å². The summed E-state index contributed by atoms with van der Waals surface area (Å²) in [6, 6.07) is 3.93. The Morgan fingerprint density at radius 1 is 1.33 bits per heavy atom. The van der Waals surface area contributed by atoms with Gasteiger partial charge in [-0.05, 0) is 17.5 Å². The predicted molar refractivity (Wildman–Crippen MR) is 50.8 cm³/mol. The van der Waals surface area contributed by atoms with Gasteiger partial charge in [-0.2, -0.15) is 0 Å². The molecule has 0 aliphatic heterocycles. The third-order valence-electron chi connectivity index (χ3n) is 1.32. The molecule has 2 aromatic heterocycles. The molecule has 0 radical (unpaired) electrons. The first kappa shape index (κ1) is 7.76. The maximum atomic E-state index is 5.46. The SMILES string of the molecule is c1csc(OCc2nccs2)c1. The van der Waals surface area contributed by atoms with E-state index >= 15 is 0 Å². The fraction of sp³-hybridized carbons (Fsp3) is 0.125. The second-order valence-electron chi connectivity index (χ2n) is 2.15. The molecule has 2 rings (SSSR count). The van der Waals surface area contributed by atoms with Crippen LogP contribution in [-0.2, 0) is 6.61 Å². The highest BCUT2D eigenvalue weighted by Crippen LogP contribution is 2.19. The van der Waals surface area contributed by atoms with Gasteiger partial charge in [0.25, 0.3) is 0 Å². The first-order valence-electron chi connectivity index (χ1n) is 3.50. The van der Waals surface area contributed by atoms with Crippen molar-refractivity contribution in [3.63, 3.8) is 0 Å². The molecule has 0 saturated carbocycles. The van der Waals surface area contributed by atoms with Crippen molar-refractivity contribution >= 4 is 22.7 Å². The molecule has 2 aromatic rings. The Bertz CT molecular complexity index is 280. The Morgan fingerprint density at radius 2 is 2.33 bits per heavy atom. The van der Waals surface area contributed by atoms with Crippen molar-refractivity contribution in [3.8, 4) is 5.06 Å². The molecule has 0 aromatic carbocycles. The number of rotatable bonds is 3. The van der Waals surface area contributed by atoms with Crippen LogP contribution in [0.2, 0.25) is 0 Å². The van der Waals surface area contributed by atoms with Gasteiger partial charge in [0.05, 0.1) is 0 Å². The lowest BCUT2D eigenvalue weighted by atomic mass is 10.6. The van der Waals surface area contributed by atoms with Gasteiger partial charge < -0.3 is 4.74 Å². The summed E-state index contributed by atoms with van der Waals surface area (Å²) in [6.07, 6.45) is 1.79. The Hall–Kier alpha value is -0.870. The second-order valence-corrected chi connectivity index (χ2v) is 4.04. The highest BCUT2D eigenvalue weighted by molar-refractivity contribution is 7.11. The fourth-order valence-corrected chi connectivity index (χ4v) is 1.91. The molecule has 0 unspecified atom stereocenters. The van der Waals surface area contributed by atoms with E-state index in [1.807, 2.05) is 22.9 Å². The molecule has 0 atom stereocenters. The first-order valence-corrected chi connectivity index (χ1v) is 5.26. The Morgan fingerprint density at radius 3 is 3.00 bits per heavy atom. The smallest absolute Gasteiger partial charge is 0.174 e. The molecule has 0 bridgehead atoms. The Balaban J connectivity index is 1.91. The average molecular weight is 197 g/mol. The standard InChI is InChI=1S/C8H7NOS2/c1-2-8(12-4-1)10-6-7-9-3-5-11-7/h1-5H,6H2. The molecule has 0 saturated heterocycles. The predicted octanol–water partition coefficient (Wildman–Crippen LogP) is 2.78. The molecule has 0 aliphatic rings. The highest BCUT2D eigenvalue weighted by atomic mass is 32.1. The molecule has 0 amide bonds. The summed E-state index contributed by atoms with van der Waals surface area (Å²) in [6.45, 7) is 0.582. The molecule has 0 aliphatic carbocycles. The lowest BCUT2D eigenvalue weighted by molar-refractivity contribution is 0.315. The monoisotopic (exact) mass is 197 g/mol. The van der Waals surface area contributed by atoms with Crippen molar-refractivity contribution < 1.29 is 4.74 Å². The van der Waals surface area contributed by atoms with Crippen molar-refractivity contribution in [2.45, 2.75) is 6.61 Å².